The van der Waals surface area contributed by atoms with Crippen LogP contribution in [-0.4, -0.2) is 29.7 Å². The zero-order chi connectivity index (χ0) is 25.6. The molecule has 0 unspecified atom stereocenters. The Kier molecular flexibility index (Phi) is 7.12. The van der Waals surface area contributed by atoms with E-state index in [9.17, 15) is 4.79 Å². The Hall–Kier alpha value is -4.65. The van der Waals surface area contributed by atoms with Crippen LogP contribution in [0.2, 0.25) is 0 Å². The average molecular weight is 495 g/mol. The number of aromatic nitrogens is 2. The number of carbonyl (C=O) groups is 1. The fraction of sp³-hybridized carbons (Fsp3) is 0.167. The number of methoxy groups -OCH3 is 1. The molecule has 5 rings (SSSR count). The molecule has 0 saturated carbocycles. The lowest BCUT2D eigenvalue weighted by atomic mass is 9.99. The molecule has 0 saturated heterocycles. The van der Waals surface area contributed by atoms with E-state index in [1.165, 1.54) is 6.33 Å². The maximum Gasteiger partial charge on any atom is 0.306 e. The zero-order valence-electron chi connectivity index (χ0n) is 20.6. The van der Waals surface area contributed by atoms with Crippen LogP contribution in [0.3, 0.4) is 0 Å². The second-order valence-corrected chi connectivity index (χ2v) is 8.31. The molecule has 0 aliphatic rings. The minimum Gasteiger partial charge on any atom is -0.497 e. The van der Waals surface area contributed by atoms with Crippen molar-refractivity contribution < 1.29 is 23.4 Å². The molecule has 0 aliphatic carbocycles. The Labute approximate surface area is 214 Å². The van der Waals surface area contributed by atoms with Crippen LogP contribution < -0.4 is 9.47 Å². The maximum absolute atomic E-state index is 11.7. The Bertz CT molecular complexity index is 1490. The average Bonchev–Trinajstić information content (AvgIpc) is 3.34. The molecule has 0 bridgehead atoms. The molecule has 5 aromatic rings. The van der Waals surface area contributed by atoms with E-state index in [2.05, 4.69) is 9.97 Å². The van der Waals surface area contributed by atoms with Gasteiger partial charge in [-0.3, -0.25) is 4.79 Å². The highest BCUT2D eigenvalue weighted by Crippen LogP contribution is 2.44. The van der Waals surface area contributed by atoms with E-state index < -0.39 is 0 Å². The Morgan fingerprint density at radius 3 is 2.30 bits per heavy atom. The topological polar surface area (TPSA) is 83.7 Å². The van der Waals surface area contributed by atoms with Crippen molar-refractivity contribution in [2.45, 2.75) is 19.8 Å². The largest absolute Gasteiger partial charge is 0.497 e. The van der Waals surface area contributed by atoms with Crippen LogP contribution in [-0.2, 0) is 16.0 Å². The van der Waals surface area contributed by atoms with Gasteiger partial charge in [-0.25, -0.2) is 9.97 Å². The number of benzene rings is 3. The van der Waals surface area contributed by atoms with E-state index in [0.717, 1.165) is 28.0 Å². The highest BCUT2D eigenvalue weighted by molar-refractivity contribution is 6.03. The Morgan fingerprint density at radius 1 is 0.865 bits per heavy atom. The summed E-state index contributed by atoms with van der Waals surface area (Å²) >= 11 is 0. The molecule has 186 valence electrons. The molecule has 0 fully saturated rings. The monoisotopic (exact) mass is 494 g/mol. The lowest BCUT2D eigenvalue weighted by Gasteiger charge is -2.09. The normalized spacial score (nSPS) is 10.9. The Balaban J connectivity index is 1.52. The molecule has 0 aliphatic heterocycles. The van der Waals surface area contributed by atoms with Gasteiger partial charge in [0.05, 0.1) is 13.7 Å². The van der Waals surface area contributed by atoms with Crippen molar-refractivity contribution in [2.75, 3.05) is 13.7 Å². The molecule has 0 atom stereocenters. The number of ether oxygens (including phenoxy) is 3. The molecule has 0 amide bonds. The number of hydrogen-bond acceptors (Lipinski definition) is 7. The summed E-state index contributed by atoms with van der Waals surface area (Å²) in [4.78, 5) is 20.5. The molecule has 2 heterocycles. The van der Waals surface area contributed by atoms with Crippen LogP contribution in [0, 0.1) is 0 Å². The van der Waals surface area contributed by atoms with E-state index in [1.54, 1.807) is 14.0 Å². The molecule has 7 heteroatoms. The smallest absolute Gasteiger partial charge is 0.306 e. The molecule has 0 N–H and O–H groups in total. The van der Waals surface area contributed by atoms with Gasteiger partial charge in [-0.1, -0.05) is 54.6 Å². The summed E-state index contributed by atoms with van der Waals surface area (Å²) in [6, 6.07) is 25.2. The van der Waals surface area contributed by atoms with Gasteiger partial charge in [0, 0.05) is 17.5 Å². The highest BCUT2D eigenvalue weighted by atomic mass is 16.5. The summed E-state index contributed by atoms with van der Waals surface area (Å²) in [5.74, 6) is 2.24. The minimum atomic E-state index is -0.202. The summed E-state index contributed by atoms with van der Waals surface area (Å²) in [7, 11) is 1.64. The van der Waals surface area contributed by atoms with Crippen LogP contribution in [0.15, 0.2) is 89.6 Å². The SMILES string of the molecule is CCOC(=O)CCc1ccc(Oc2ncnc3oc(-c4ccccc4)c(-c4ccc(OC)cc4)c23)cc1. The standard InChI is InChI=1S/C30H26N2O5/c1-3-35-25(33)18-11-20-9-14-24(15-10-20)36-29-27-26(21-12-16-23(34-2)17-13-21)28(22-7-5-4-6-8-22)37-30(27)32-19-31-29/h4-10,12-17,19H,3,11,18H2,1-2H3. The van der Waals surface area contributed by atoms with E-state index >= 15 is 0 Å². The molecule has 7 nitrogen and oxygen atoms in total. The first-order valence-corrected chi connectivity index (χ1v) is 12.1. The van der Waals surface area contributed by atoms with E-state index in [-0.39, 0.29) is 5.97 Å². The molecule has 0 spiro atoms. The van der Waals surface area contributed by atoms with Gasteiger partial charge in [0.2, 0.25) is 11.6 Å². The van der Waals surface area contributed by atoms with Crippen molar-refractivity contribution in [3.05, 3.63) is 90.8 Å². The summed E-state index contributed by atoms with van der Waals surface area (Å²) in [5.41, 5.74) is 4.13. The van der Waals surface area contributed by atoms with Gasteiger partial charge in [0.25, 0.3) is 0 Å². The number of aryl methyl sites for hydroxylation is 1. The number of carbonyl (C=O) groups excluding carboxylic acids is 1. The summed E-state index contributed by atoms with van der Waals surface area (Å²) in [6.07, 6.45) is 2.37. The van der Waals surface area contributed by atoms with Crippen molar-refractivity contribution in [2.24, 2.45) is 0 Å². The van der Waals surface area contributed by atoms with Gasteiger partial charge in [-0.05, 0) is 48.7 Å². The number of fused-ring (bicyclic) bond motifs is 1. The number of rotatable bonds is 9. The fourth-order valence-electron chi connectivity index (χ4n) is 4.13. The molecule has 3 aromatic carbocycles. The van der Waals surface area contributed by atoms with E-state index in [4.69, 9.17) is 18.6 Å². The highest BCUT2D eigenvalue weighted by Gasteiger charge is 2.23. The number of furan rings is 1. The zero-order valence-corrected chi connectivity index (χ0v) is 20.6. The third kappa shape index (κ3) is 5.30. The summed E-state index contributed by atoms with van der Waals surface area (Å²) in [6.45, 7) is 2.19. The van der Waals surface area contributed by atoms with Crippen molar-refractivity contribution in [3.8, 4) is 39.8 Å². The number of nitrogens with zero attached hydrogens (tertiary/aromatic N) is 2. The predicted octanol–water partition coefficient (Wildman–Crippen LogP) is 6.85. The van der Waals surface area contributed by atoms with Crippen molar-refractivity contribution >= 4 is 17.1 Å². The van der Waals surface area contributed by atoms with Crippen LogP contribution in [0.4, 0.5) is 0 Å². The molecule has 2 aromatic heterocycles. The minimum absolute atomic E-state index is 0.202. The Morgan fingerprint density at radius 2 is 1.59 bits per heavy atom. The van der Waals surface area contributed by atoms with Gasteiger partial charge < -0.3 is 18.6 Å². The van der Waals surface area contributed by atoms with Crippen LogP contribution in [0.5, 0.6) is 17.4 Å². The predicted molar refractivity (Wildman–Crippen MR) is 141 cm³/mol. The van der Waals surface area contributed by atoms with Gasteiger partial charge in [-0.15, -0.1) is 0 Å². The van der Waals surface area contributed by atoms with Crippen LogP contribution in [0.25, 0.3) is 33.6 Å². The number of esters is 1. The first kappa shape index (κ1) is 24.1. The van der Waals surface area contributed by atoms with E-state index in [0.29, 0.717) is 47.9 Å². The summed E-state index contributed by atoms with van der Waals surface area (Å²) in [5, 5.41) is 0.679. The van der Waals surface area contributed by atoms with Crippen molar-refractivity contribution in [1.29, 1.82) is 0 Å². The second kappa shape index (κ2) is 11.0. The van der Waals surface area contributed by atoms with Gasteiger partial charge in [0.15, 0.2) is 0 Å². The molecular weight excluding hydrogens is 468 g/mol. The van der Waals surface area contributed by atoms with Crippen molar-refractivity contribution in [3.63, 3.8) is 0 Å². The summed E-state index contributed by atoms with van der Waals surface area (Å²) < 4.78 is 22.9. The fourth-order valence-corrected chi connectivity index (χ4v) is 4.13. The quantitative estimate of drug-likeness (QED) is 0.207. The van der Waals surface area contributed by atoms with E-state index in [1.807, 2.05) is 78.9 Å². The van der Waals surface area contributed by atoms with Gasteiger partial charge >= 0.3 is 5.97 Å². The molecule has 37 heavy (non-hydrogen) atoms. The lowest BCUT2D eigenvalue weighted by molar-refractivity contribution is -0.143. The first-order valence-electron chi connectivity index (χ1n) is 12.1. The first-order chi connectivity index (χ1) is 18.2. The van der Waals surface area contributed by atoms with Gasteiger partial charge in [0.1, 0.15) is 29.0 Å². The molecular formula is C30H26N2O5. The lowest BCUT2D eigenvalue weighted by Crippen LogP contribution is -2.05. The third-order valence-corrected chi connectivity index (χ3v) is 5.93. The molecule has 0 radical (unpaired) electrons. The van der Waals surface area contributed by atoms with Crippen molar-refractivity contribution in [1.82, 2.24) is 9.97 Å². The number of hydrogen-bond donors (Lipinski definition) is 0. The van der Waals surface area contributed by atoms with Gasteiger partial charge in [-0.2, -0.15) is 0 Å². The maximum atomic E-state index is 11.7. The second-order valence-electron chi connectivity index (χ2n) is 8.31. The third-order valence-electron chi connectivity index (χ3n) is 5.93. The van der Waals surface area contributed by atoms with Crippen LogP contribution in [0.1, 0.15) is 18.9 Å². The van der Waals surface area contributed by atoms with Crippen LogP contribution >= 0.6 is 0 Å².